The van der Waals surface area contributed by atoms with E-state index < -0.39 is 17.6 Å². The minimum atomic E-state index is -0.624. The lowest BCUT2D eigenvalue weighted by Gasteiger charge is -2.12. The molecule has 0 bridgehead atoms. The number of carbonyl (C=O) groups excluding carboxylic acids is 1. The number of hydrogen-bond acceptors (Lipinski definition) is 5. The number of fused-ring (bicyclic) bond motifs is 1. The summed E-state index contributed by atoms with van der Waals surface area (Å²) in [4.78, 5) is 27.4. The monoisotopic (exact) mass is 238 g/mol. The van der Waals surface area contributed by atoms with Crippen LogP contribution in [0.2, 0.25) is 0 Å². The molecule has 0 fully saturated rings. The Hall–Kier alpha value is -1.85. The van der Waals surface area contributed by atoms with Crippen LogP contribution in [0.4, 0.5) is 0 Å². The molecule has 1 aromatic heterocycles. The van der Waals surface area contributed by atoms with Crippen molar-refractivity contribution in [1.29, 1.82) is 0 Å². The van der Waals surface area contributed by atoms with E-state index in [4.69, 9.17) is 4.74 Å². The minimum absolute atomic E-state index is 0.0517. The van der Waals surface area contributed by atoms with Gasteiger partial charge in [0, 0.05) is 5.92 Å². The predicted octanol–water partition coefficient (Wildman–Crippen LogP) is 0.560. The first-order chi connectivity index (χ1) is 8.04. The topological polar surface area (TPSA) is 81.4 Å². The molecule has 2 rings (SSSR count). The fourth-order valence-corrected chi connectivity index (χ4v) is 2.14. The Bertz CT molecular complexity index is 509. The molecule has 2 unspecified atom stereocenters. The summed E-state index contributed by atoms with van der Waals surface area (Å²) in [6.07, 6.45) is 0.477. The van der Waals surface area contributed by atoms with Gasteiger partial charge in [0.2, 0.25) is 5.88 Å². The molecule has 0 aromatic carbocycles. The van der Waals surface area contributed by atoms with Gasteiger partial charge in [0.1, 0.15) is 11.9 Å². The largest absolute Gasteiger partial charge is 0.493 e. The number of rotatable bonds is 2. The molecule has 6 nitrogen and oxygen atoms in total. The molecular formula is C11H14N2O4. The summed E-state index contributed by atoms with van der Waals surface area (Å²) in [6, 6.07) is 0.383. The molecule has 0 spiro atoms. The van der Waals surface area contributed by atoms with Gasteiger partial charge in [-0.15, -0.1) is 0 Å². The van der Waals surface area contributed by atoms with Gasteiger partial charge in [-0.05, 0) is 13.3 Å². The molecule has 1 N–H and O–H groups in total. The molecule has 0 aliphatic carbocycles. The molecule has 17 heavy (non-hydrogen) atoms. The third-order valence-corrected chi connectivity index (χ3v) is 2.85. The molecule has 1 aliphatic rings. The second kappa shape index (κ2) is 4.20. The average molecular weight is 238 g/mol. The highest BCUT2D eigenvalue weighted by Gasteiger charge is 2.36. The Balaban J connectivity index is 2.47. The Morgan fingerprint density at radius 2 is 2.41 bits per heavy atom. The van der Waals surface area contributed by atoms with Crippen LogP contribution in [0.5, 0.6) is 5.88 Å². The van der Waals surface area contributed by atoms with Gasteiger partial charge >= 0.3 is 5.97 Å². The van der Waals surface area contributed by atoms with Gasteiger partial charge in [-0.1, -0.05) is 6.92 Å². The standard InChI is InChI=1S/C11H14N2O4/c1-3-17-11(16)7-4-6(2)10-12-8(14)5-9(15)13(7)10/h5-7,14H,3-4H2,1-2H3. The molecule has 6 heteroatoms. The van der Waals surface area contributed by atoms with Crippen LogP contribution in [0.25, 0.3) is 0 Å². The summed E-state index contributed by atoms with van der Waals surface area (Å²) in [7, 11) is 0. The van der Waals surface area contributed by atoms with Crippen LogP contribution in [-0.4, -0.2) is 27.2 Å². The fourth-order valence-electron chi connectivity index (χ4n) is 2.14. The van der Waals surface area contributed by atoms with Gasteiger partial charge in [-0.3, -0.25) is 9.36 Å². The normalized spacial score (nSPS) is 22.2. The van der Waals surface area contributed by atoms with Gasteiger partial charge < -0.3 is 9.84 Å². The van der Waals surface area contributed by atoms with E-state index in [1.165, 1.54) is 4.57 Å². The summed E-state index contributed by atoms with van der Waals surface area (Å²) in [5, 5.41) is 9.28. The summed E-state index contributed by atoms with van der Waals surface area (Å²) < 4.78 is 6.24. The van der Waals surface area contributed by atoms with Crippen LogP contribution in [-0.2, 0) is 9.53 Å². The van der Waals surface area contributed by atoms with Crippen molar-refractivity contribution >= 4 is 5.97 Å². The summed E-state index contributed by atoms with van der Waals surface area (Å²) in [5.74, 6) is -0.345. The van der Waals surface area contributed by atoms with Gasteiger partial charge in [-0.2, -0.15) is 4.98 Å². The Morgan fingerprint density at radius 1 is 1.71 bits per heavy atom. The lowest BCUT2D eigenvalue weighted by Crippen LogP contribution is -2.29. The molecule has 0 radical (unpaired) electrons. The van der Waals surface area contributed by atoms with Gasteiger partial charge in [0.25, 0.3) is 5.56 Å². The smallest absolute Gasteiger partial charge is 0.329 e. The first kappa shape index (κ1) is 11.6. The van der Waals surface area contributed by atoms with Crippen molar-refractivity contribution in [2.45, 2.75) is 32.2 Å². The van der Waals surface area contributed by atoms with E-state index in [1.807, 2.05) is 6.92 Å². The molecular weight excluding hydrogens is 224 g/mol. The van der Waals surface area contributed by atoms with Gasteiger partial charge in [-0.25, -0.2) is 4.79 Å². The van der Waals surface area contributed by atoms with Crippen LogP contribution in [0.1, 0.15) is 38.1 Å². The number of aromatic nitrogens is 2. The van der Waals surface area contributed by atoms with Crippen LogP contribution in [0, 0.1) is 0 Å². The van der Waals surface area contributed by atoms with Crippen molar-refractivity contribution in [1.82, 2.24) is 9.55 Å². The molecule has 0 saturated carbocycles. The Kier molecular flexibility index (Phi) is 2.87. The third-order valence-electron chi connectivity index (χ3n) is 2.85. The van der Waals surface area contributed by atoms with Crippen LogP contribution >= 0.6 is 0 Å². The number of aromatic hydroxyl groups is 1. The Labute approximate surface area is 97.9 Å². The lowest BCUT2D eigenvalue weighted by molar-refractivity contribution is -0.147. The molecule has 0 saturated heterocycles. The van der Waals surface area contributed by atoms with E-state index in [9.17, 15) is 14.7 Å². The van der Waals surface area contributed by atoms with Crippen molar-refractivity contribution in [3.05, 3.63) is 22.2 Å². The molecule has 1 aromatic rings. The van der Waals surface area contributed by atoms with E-state index in [0.717, 1.165) is 6.07 Å². The highest BCUT2D eigenvalue weighted by molar-refractivity contribution is 5.75. The Morgan fingerprint density at radius 3 is 3.06 bits per heavy atom. The average Bonchev–Trinajstić information content (AvgIpc) is 2.57. The maximum absolute atomic E-state index is 11.8. The molecule has 92 valence electrons. The molecule has 1 aliphatic heterocycles. The fraction of sp³-hybridized carbons (Fsp3) is 0.545. The first-order valence-corrected chi connectivity index (χ1v) is 5.53. The van der Waals surface area contributed by atoms with E-state index >= 15 is 0 Å². The zero-order valence-electron chi connectivity index (χ0n) is 9.71. The van der Waals surface area contributed by atoms with Crippen molar-refractivity contribution < 1.29 is 14.6 Å². The van der Waals surface area contributed by atoms with E-state index in [0.29, 0.717) is 12.2 Å². The van der Waals surface area contributed by atoms with Crippen LogP contribution in [0.15, 0.2) is 10.9 Å². The highest BCUT2D eigenvalue weighted by atomic mass is 16.5. The van der Waals surface area contributed by atoms with Crippen molar-refractivity contribution in [3.8, 4) is 5.88 Å². The summed E-state index contributed by atoms with van der Waals surface area (Å²) in [6.45, 7) is 3.85. The highest BCUT2D eigenvalue weighted by Crippen LogP contribution is 2.34. The number of nitrogens with zero attached hydrogens (tertiary/aromatic N) is 2. The molecule has 2 atom stereocenters. The summed E-state index contributed by atoms with van der Waals surface area (Å²) >= 11 is 0. The van der Waals surface area contributed by atoms with E-state index in [-0.39, 0.29) is 18.4 Å². The van der Waals surface area contributed by atoms with Crippen LogP contribution < -0.4 is 5.56 Å². The van der Waals surface area contributed by atoms with Gasteiger partial charge in [0.15, 0.2) is 0 Å². The maximum atomic E-state index is 11.8. The summed E-state index contributed by atoms with van der Waals surface area (Å²) in [5.41, 5.74) is -0.421. The quantitative estimate of drug-likeness (QED) is 0.761. The molecule has 2 heterocycles. The predicted molar refractivity (Wildman–Crippen MR) is 58.9 cm³/mol. The van der Waals surface area contributed by atoms with E-state index in [2.05, 4.69) is 4.98 Å². The van der Waals surface area contributed by atoms with Crippen molar-refractivity contribution in [3.63, 3.8) is 0 Å². The third kappa shape index (κ3) is 1.90. The van der Waals surface area contributed by atoms with Gasteiger partial charge in [0.05, 0.1) is 12.7 Å². The SMILES string of the molecule is CCOC(=O)C1CC(C)c2nc(O)cc(=O)n21. The van der Waals surface area contributed by atoms with Crippen molar-refractivity contribution in [2.75, 3.05) is 6.61 Å². The second-order valence-electron chi connectivity index (χ2n) is 4.09. The van der Waals surface area contributed by atoms with Crippen LogP contribution in [0.3, 0.4) is 0 Å². The molecule has 0 amide bonds. The number of esters is 1. The minimum Gasteiger partial charge on any atom is -0.493 e. The zero-order valence-corrected chi connectivity index (χ0v) is 9.71. The number of hydrogen-bond donors (Lipinski definition) is 1. The lowest BCUT2D eigenvalue weighted by atomic mass is 10.1. The second-order valence-corrected chi connectivity index (χ2v) is 4.09. The number of ether oxygens (including phenoxy) is 1. The number of carbonyl (C=O) groups is 1. The van der Waals surface area contributed by atoms with Crippen molar-refractivity contribution in [2.24, 2.45) is 0 Å². The maximum Gasteiger partial charge on any atom is 0.329 e. The first-order valence-electron chi connectivity index (χ1n) is 5.53. The zero-order chi connectivity index (χ0) is 12.6. The van der Waals surface area contributed by atoms with E-state index in [1.54, 1.807) is 6.92 Å².